The molecule has 8 rings (SSSR count). The molecule has 1 aromatic heterocycles. The van der Waals surface area contributed by atoms with E-state index >= 15 is 0 Å². The van der Waals surface area contributed by atoms with E-state index in [4.69, 9.17) is 0 Å². The van der Waals surface area contributed by atoms with Gasteiger partial charge in [0.1, 0.15) is 0 Å². The van der Waals surface area contributed by atoms with Gasteiger partial charge in [-0.2, -0.15) is 0 Å². The fourth-order valence-electron chi connectivity index (χ4n) is 7.33. The van der Waals surface area contributed by atoms with Gasteiger partial charge < -0.3 is 4.57 Å². The van der Waals surface area contributed by atoms with Crippen LogP contribution in [-0.4, -0.2) is 4.57 Å². The van der Waals surface area contributed by atoms with Crippen molar-refractivity contribution in [3.05, 3.63) is 197 Å². The largest absolute Gasteiger partial charge is 0.309 e. The van der Waals surface area contributed by atoms with Gasteiger partial charge in [-0.15, -0.1) is 0 Å². The number of benzene rings is 6. The molecule has 1 aliphatic carbocycles. The summed E-state index contributed by atoms with van der Waals surface area (Å²) in [6, 6.07) is 50.9. The van der Waals surface area contributed by atoms with E-state index in [1.807, 2.05) is 0 Å². The van der Waals surface area contributed by atoms with E-state index < -0.39 is 0 Å². The summed E-state index contributed by atoms with van der Waals surface area (Å²) in [6.45, 7) is 6.79. The summed E-state index contributed by atoms with van der Waals surface area (Å²) in [4.78, 5) is 0. The first-order chi connectivity index (χ1) is 23.1. The molecular formula is C46H37N. The molecule has 6 aromatic carbocycles. The minimum atomic E-state index is 0.294. The molecule has 7 aromatic rings. The molecule has 0 aliphatic heterocycles. The van der Waals surface area contributed by atoms with Crippen molar-refractivity contribution in [1.29, 1.82) is 0 Å². The minimum absolute atomic E-state index is 0.294. The lowest BCUT2D eigenvalue weighted by Crippen LogP contribution is -2.01. The average molecular weight is 604 g/mol. The number of hydrogen-bond donors (Lipinski definition) is 0. The van der Waals surface area contributed by atoms with Crippen LogP contribution in [0.3, 0.4) is 0 Å². The molecule has 47 heavy (non-hydrogen) atoms. The van der Waals surface area contributed by atoms with Gasteiger partial charge in [-0.05, 0) is 105 Å². The molecule has 0 N–H and O–H groups in total. The van der Waals surface area contributed by atoms with Crippen LogP contribution in [0.15, 0.2) is 175 Å². The van der Waals surface area contributed by atoms with Crippen LogP contribution in [0.25, 0.3) is 49.4 Å². The molecule has 1 unspecified atom stereocenters. The molecule has 1 nitrogen and oxygen atoms in total. The lowest BCUT2D eigenvalue weighted by atomic mass is 9.83. The summed E-state index contributed by atoms with van der Waals surface area (Å²) < 4.78 is 2.39. The average Bonchev–Trinajstić information content (AvgIpc) is 3.44. The molecule has 1 aliphatic rings. The Balaban J connectivity index is 1.42. The highest BCUT2D eigenvalue weighted by Gasteiger charge is 2.21. The second-order valence-electron chi connectivity index (χ2n) is 12.7. The van der Waals surface area contributed by atoms with E-state index in [0.29, 0.717) is 5.92 Å². The van der Waals surface area contributed by atoms with E-state index in [2.05, 4.69) is 189 Å². The first-order valence-corrected chi connectivity index (χ1v) is 16.5. The van der Waals surface area contributed by atoms with Gasteiger partial charge in [0.15, 0.2) is 0 Å². The molecule has 0 fully saturated rings. The van der Waals surface area contributed by atoms with Gasteiger partial charge in [0, 0.05) is 16.5 Å². The van der Waals surface area contributed by atoms with E-state index in [9.17, 15) is 0 Å². The molecule has 0 radical (unpaired) electrons. The van der Waals surface area contributed by atoms with Gasteiger partial charge in [-0.25, -0.2) is 0 Å². The van der Waals surface area contributed by atoms with E-state index in [1.54, 1.807) is 0 Å². The van der Waals surface area contributed by atoms with Crippen molar-refractivity contribution in [2.45, 2.75) is 20.8 Å². The maximum Gasteiger partial charge on any atom is 0.0541 e. The first-order valence-electron chi connectivity index (χ1n) is 16.5. The van der Waals surface area contributed by atoms with Crippen LogP contribution < -0.4 is 0 Å². The predicted molar refractivity (Wildman–Crippen MR) is 202 cm³/mol. The number of aromatic nitrogens is 1. The summed E-state index contributed by atoms with van der Waals surface area (Å²) in [7, 11) is 0. The van der Waals surface area contributed by atoms with Crippen LogP contribution in [0.5, 0.6) is 0 Å². The molecule has 0 spiro atoms. The third-order valence-electron chi connectivity index (χ3n) is 9.59. The van der Waals surface area contributed by atoms with Crippen LogP contribution in [0, 0.1) is 5.92 Å². The van der Waals surface area contributed by atoms with Gasteiger partial charge in [0.25, 0.3) is 0 Å². The summed E-state index contributed by atoms with van der Waals surface area (Å²) in [5.74, 6) is 0.294. The van der Waals surface area contributed by atoms with E-state index in [-0.39, 0.29) is 0 Å². The zero-order valence-corrected chi connectivity index (χ0v) is 27.1. The lowest BCUT2D eigenvalue weighted by Gasteiger charge is -2.21. The standard InChI is InChI=1S/C46H37N/c1-31-24-26-32(2)45(35-28-29-44-42(30-35)38-19-11-12-23-43(38)47(44)36-16-5-4-6-17-36)40-20-9-10-21-41(40)46(33(3)27-25-31)39-22-13-15-34-14-7-8-18-37(34)39/h4-31H,1-3H3/b26-24-,27-25-,45-32+,46-33+. The number of allylic oxidation sites excluding steroid dienone is 6. The highest BCUT2D eigenvalue weighted by Crippen LogP contribution is 2.41. The van der Waals surface area contributed by atoms with Gasteiger partial charge in [0.2, 0.25) is 0 Å². The molecule has 226 valence electrons. The van der Waals surface area contributed by atoms with E-state index in [0.717, 1.165) is 0 Å². The lowest BCUT2D eigenvalue weighted by molar-refractivity contribution is 0.937. The highest BCUT2D eigenvalue weighted by atomic mass is 15.0. The van der Waals surface area contributed by atoms with Crippen molar-refractivity contribution in [3.8, 4) is 5.69 Å². The van der Waals surface area contributed by atoms with Crippen molar-refractivity contribution in [3.63, 3.8) is 0 Å². The summed E-state index contributed by atoms with van der Waals surface area (Å²) in [6.07, 6.45) is 9.28. The Bertz CT molecular complexity index is 2420. The normalized spacial score (nSPS) is 19.9. The summed E-state index contributed by atoms with van der Waals surface area (Å²) in [5.41, 5.74) is 13.6. The SMILES string of the molecule is CC1=C(/c2cccc3ccccc23)c2ccccc2/C(c2ccc3c(c2)c2ccccc2n3-c2ccccc2)=C(C)/C=C\C(C)/C=C\1. The molecule has 0 bridgehead atoms. The van der Waals surface area contributed by atoms with Crippen LogP contribution >= 0.6 is 0 Å². The maximum atomic E-state index is 2.41. The fraction of sp³-hybridized carbons (Fsp3) is 0.0870. The zero-order chi connectivity index (χ0) is 31.9. The molecule has 1 heterocycles. The number of para-hydroxylation sites is 2. The van der Waals surface area contributed by atoms with Crippen LogP contribution in [-0.2, 0) is 0 Å². The van der Waals surface area contributed by atoms with Crippen LogP contribution in [0.4, 0.5) is 0 Å². The van der Waals surface area contributed by atoms with Crippen molar-refractivity contribution in [2.24, 2.45) is 5.92 Å². The summed E-state index contributed by atoms with van der Waals surface area (Å²) >= 11 is 0. The Kier molecular flexibility index (Phi) is 7.31. The Labute approximate surface area is 277 Å². The zero-order valence-electron chi connectivity index (χ0n) is 27.1. The Hall–Kier alpha value is -5.66. The first kappa shape index (κ1) is 28.8. The van der Waals surface area contributed by atoms with Crippen LogP contribution in [0.1, 0.15) is 43.0 Å². The minimum Gasteiger partial charge on any atom is -0.309 e. The molecule has 0 amide bonds. The second kappa shape index (κ2) is 11.9. The van der Waals surface area contributed by atoms with Crippen molar-refractivity contribution in [1.82, 2.24) is 4.57 Å². The van der Waals surface area contributed by atoms with Gasteiger partial charge >= 0.3 is 0 Å². The Morgan fingerprint density at radius 1 is 0.468 bits per heavy atom. The van der Waals surface area contributed by atoms with E-state index in [1.165, 1.54) is 82.8 Å². The number of fused-ring (bicyclic) bond motifs is 5. The third kappa shape index (κ3) is 5.05. The van der Waals surface area contributed by atoms with Crippen molar-refractivity contribution >= 4 is 43.7 Å². The number of rotatable bonds is 3. The van der Waals surface area contributed by atoms with Gasteiger partial charge in [-0.3, -0.25) is 0 Å². The fourth-order valence-corrected chi connectivity index (χ4v) is 7.33. The number of hydrogen-bond acceptors (Lipinski definition) is 0. The smallest absolute Gasteiger partial charge is 0.0541 e. The molecule has 0 saturated heterocycles. The third-order valence-corrected chi connectivity index (χ3v) is 9.59. The Morgan fingerprint density at radius 3 is 1.83 bits per heavy atom. The summed E-state index contributed by atoms with van der Waals surface area (Å²) in [5, 5.41) is 5.04. The van der Waals surface area contributed by atoms with Gasteiger partial charge in [0.05, 0.1) is 11.0 Å². The topological polar surface area (TPSA) is 4.93 Å². The second-order valence-corrected chi connectivity index (χ2v) is 12.7. The molecule has 0 saturated carbocycles. The molecule has 1 heteroatoms. The highest BCUT2D eigenvalue weighted by molar-refractivity contribution is 6.11. The predicted octanol–water partition coefficient (Wildman–Crippen LogP) is 12.3. The van der Waals surface area contributed by atoms with Crippen LogP contribution in [0.2, 0.25) is 0 Å². The van der Waals surface area contributed by atoms with Gasteiger partial charge in [-0.1, -0.05) is 140 Å². The monoisotopic (exact) mass is 603 g/mol. The van der Waals surface area contributed by atoms with Crippen molar-refractivity contribution < 1.29 is 0 Å². The van der Waals surface area contributed by atoms with Crippen molar-refractivity contribution in [2.75, 3.05) is 0 Å². The molecular weight excluding hydrogens is 567 g/mol. The number of nitrogens with zero attached hydrogens (tertiary/aromatic N) is 1. The quantitative estimate of drug-likeness (QED) is 0.189. The maximum absolute atomic E-state index is 2.41. The Morgan fingerprint density at radius 2 is 1.04 bits per heavy atom. The molecule has 1 atom stereocenters.